The first kappa shape index (κ1) is 23.8. The average Bonchev–Trinajstić information content (AvgIpc) is 2.29. The molecule has 20 heavy (non-hydrogen) atoms. The van der Waals surface area contributed by atoms with E-state index < -0.39 is 23.4 Å². The number of amides is 2. The molecule has 0 unspecified atom stereocenters. The van der Waals surface area contributed by atoms with E-state index in [4.69, 9.17) is 9.47 Å². The van der Waals surface area contributed by atoms with Gasteiger partial charge in [0.15, 0.2) is 0 Å². The van der Waals surface area contributed by atoms with Gasteiger partial charge in [0.1, 0.15) is 11.2 Å². The van der Waals surface area contributed by atoms with Gasteiger partial charge in [-0.15, -0.1) is 0 Å². The lowest BCUT2D eigenvalue weighted by Gasteiger charge is -2.26. The monoisotopic (exact) mass is 291 g/mol. The summed E-state index contributed by atoms with van der Waals surface area (Å²) in [5.74, 6) is 0. The van der Waals surface area contributed by atoms with Gasteiger partial charge in [-0.3, -0.25) is 0 Å². The number of imide groups is 1. The third-order valence-corrected chi connectivity index (χ3v) is 1.33. The van der Waals surface area contributed by atoms with Gasteiger partial charge in [-0.05, 0) is 41.5 Å². The Bertz CT molecular complexity index is 247. The first-order chi connectivity index (χ1) is 8.92. The van der Waals surface area contributed by atoms with Crippen molar-refractivity contribution in [3.63, 3.8) is 0 Å². The molecule has 0 heterocycles. The van der Waals surface area contributed by atoms with Crippen LogP contribution in [0.15, 0.2) is 0 Å². The fourth-order valence-electron chi connectivity index (χ4n) is 0.735. The van der Waals surface area contributed by atoms with Crippen LogP contribution in [0.2, 0.25) is 0 Å². The number of nitrogens with zero attached hydrogens (tertiary/aromatic N) is 1. The Labute approximate surface area is 124 Å². The van der Waals surface area contributed by atoms with Crippen molar-refractivity contribution in [1.82, 2.24) is 4.90 Å². The van der Waals surface area contributed by atoms with Crippen molar-refractivity contribution in [3.05, 3.63) is 0 Å². The topological polar surface area (TPSA) is 55.8 Å². The van der Waals surface area contributed by atoms with E-state index in [9.17, 15) is 9.59 Å². The molecular formula is C15H33NO4. The van der Waals surface area contributed by atoms with Crippen LogP contribution in [0, 0.1) is 0 Å². The second-order valence-electron chi connectivity index (χ2n) is 5.52. The maximum absolute atomic E-state index is 11.5. The Kier molecular flexibility index (Phi) is 12.5. The molecule has 0 aromatic carbocycles. The van der Waals surface area contributed by atoms with Gasteiger partial charge in [0.2, 0.25) is 0 Å². The molecule has 0 fully saturated rings. The highest BCUT2D eigenvalue weighted by molar-refractivity contribution is 5.87. The van der Waals surface area contributed by atoms with E-state index in [1.54, 1.807) is 41.5 Å². The normalized spacial score (nSPS) is 10.2. The van der Waals surface area contributed by atoms with Crippen LogP contribution >= 0.6 is 0 Å². The number of rotatable bonds is 0. The summed E-state index contributed by atoms with van der Waals surface area (Å²) < 4.78 is 10.0. The minimum Gasteiger partial charge on any atom is -0.443 e. The summed E-state index contributed by atoms with van der Waals surface area (Å²) in [6.45, 7) is 18.4. The highest BCUT2D eigenvalue weighted by Gasteiger charge is 2.27. The number of carbonyl (C=O) groups is 2. The van der Waals surface area contributed by atoms with E-state index in [-0.39, 0.29) is 0 Å². The molecule has 0 bridgehead atoms. The van der Waals surface area contributed by atoms with Crippen LogP contribution in [0.25, 0.3) is 0 Å². The molecular weight excluding hydrogens is 258 g/mol. The van der Waals surface area contributed by atoms with Gasteiger partial charge in [0.25, 0.3) is 0 Å². The van der Waals surface area contributed by atoms with Crippen LogP contribution in [-0.2, 0) is 9.47 Å². The number of hydrogen-bond acceptors (Lipinski definition) is 4. The van der Waals surface area contributed by atoms with Gasteiger partial charge < -0.3 is 9.47 Å². The zero-order valence-corrected chi connectivity index (χ0v) is 15.1. The van der Waals surface area contributed by atoms with Gasteiger partial charge >= 0.3 is 12.2 Å². The van der Waals surface area contributed by atoms with Crippen molar-refractivity contribution < 1.29 is 19.1 Å². The van der Waals surface area contributed by atoms with E-state index >= 15 is 0 Å². The standard InChI is InChI=1S/C11H21NO4.2C2H6/c1-10(2,3)15-8(13)12(7)9(14)16-11(4,5)6;2*1-2/h1-7H3;2*1-2H3. The van der Waals surface area contributed by atoms with Crippen molar-refractivity contribution in [2.45, 2.75) is 80.4 Å². The Morgan fingerprint density at radius 1 is 0.700 bits per heavy atom. The SMILES string of the molecule is CC.CC.CN(C(=O)OC(C)(C)C)C(=O)OC(C)(C)C. The number of carbonyl (C=O) groups excluding carboxylic acids is 2. The average molecular weight is 291 g/mol. The van der Waals surface area contributed by atoms with Crippen molar-refractivity contribution >= 4 is 12.2 Å². The fourth-order valence-corrected chi connectivity index (χ4v) is 0.735. The molecule has 0 radical (unpaired) electrons. The molecule has 0 aliphatic heterocycles. The molecule has 2 amide bonds. The third kappa shape index (κ3) is 14.8. The van der Waals surface area contributed by atoms with E-state index in [1.165, 1.54) is 7.05 Å². The Balaban J connectivity index is -0.000000656. The van der Waals surface area contributed by atoms with Crippen LogP contribution in [-0.4, -0.2) is 35.3 Å². The predicted octanol–water partition coefficient (Wildman–Crippen LogP) is 4.84. The van der Waals surface area contributed by atoms with Crippen molar-refractivity contribution in [3.8, 4) is 0 Å². The summed E-state index contributed by atoms with van der Waals surface area (Å²) in [6, 6.07) is 0. The Morgan fingerprint density at radius 3 is 1.05 bits per heavy atom. The summed E-state index contributed by atoms with van der Waals surface area (Å²) in [4.78, 5) is 23.8. The van der Waals surface area contributed by atoms with E-state index in [2.05, 4.69) is 0 Å². The van der Waals surface area contributed by atoms with Crippen molar-refractivity contribution in [1.29, 1.82) is 0 Å². The lowest BCUT2D eigenvalue weighted by Crippen LogP contribution is -2.41. The molecule has 5 nitrogen and oxygen atoms in total. The quantitative estimate of drug-likeness (QED) is 0.640. The molecule has 122 valence electrons. The zero-order valence-electron chi connectivity index (χ0n) is 15.1. The van der Waals surface area contributed by atoms with E-state index in [0.717, 1.165) is 4.90 Å². The van der Waals surface area contributed by atoms with Crippen LogP contribution in [0.4, 0.5) is 9.59 Å². The molecule has 0 saturated carbocycles. The molecule has 0 aromatic heterocycles. The lowest BCUT2D eigenvalue weighted by atomic mass is 10.2. The predicted molar refractivity (Wildman–Crippen MR) is 82.9 cm³/mol. The van der Waals surface area contributed by atoms with Crippen molar-refractivity contribution in [2.24, 2.45) is 0 Å². The van der Waals surface area contributed by atoms with Crippen LogP contribution in [0.3, 0.4) is 0 Å². The highest BCUT2D eigenvalue weighted by Crippen LogP contribution is 2.12. The molecule has 0 saturated heterocycles. The van der Waals surface area contributed by atoms with Gasteiger partial charge in [-0.2, -0.15) is 0 Å². The van der Waals surface area contributed by atoms with Crippen LogP contribution < -0.4 is 0 Å². The van der Waals surface area contributed by atoms with Gasteiger partial charge in [0, 0.05) is 7.05 Å². The van der Waals surface area contributed by atoms with Gasteiger partial charge in [-0.25, -0.2) is 14.5 Å². The minimum absolute atomic E-state index is 0.632. The second kappa shape index (κ2) is 10.5. The first-order valence-electron chi connectivity index (χ1n) is 7.12. The molecule has 0 rings (SSSR count). The molecule has 0 aromatic rings. The summed E-state index contributed by atoms with van der Waals surface area (Å²) in [5, 5.41) is 0. The van der Waals surface area contributed by atoms with Crippen molar-refractivity contribution in [2.75, 3.05) is 7.05 Å². The number of ether oxygens (including phenoxy) is 2. The number of hydrogen-bond donors (Lipinski definition) is 0. The Morgan fingerprint density at radius 2 is 0.900 bits per heavy atom. The molecule has 0 aliphatic rings. The van der Waals surface area contributed by atoms with Gasteiger partial charge in [-0.1, -0.05) is 27.7 Å². The molecule has 0 aliphatic carbocycles. The maximum atomic E-state index is 11.5. The fraction of sp³-hybridized carbons (Fsp3) is 0.867. The second-order valence-corrected chi connectivity index (χ2v) is 5.52. The summed E-state index contributed by atoms with van der Waals surface area (Å²) in [7, 11) is 1.32. The molecule has 0 spiro atoms. The van der Waals surface area contributed by atoms with Gasteiger partial charge in [0.05, 0.1) is 0 Å². The minimum atomic E-state index is -0.721. The van der Waals surface area contributed by atoms with Crippen LogP contribution in [0.1, 0.15) is 69.2 Å². The summed E-state index contributed by atoms with van der Waals surface area (Å²) >= 11 is 0. The molecule has 0 N–H and O–H groups in total. The maximum Gasteiger partial charge on any atom is 0.419 e. The highest BCUT2D eigenvalue weighted by atomic mass is 16.6. The van der Waals surface area contributed by atoms with Crippen LogP contribution in [0.5, 0.6) is 0 Å². The zero-order chi connectivity index (χ0) is 17.1. The Hall–Kier alpha value is -1.26. The lowest BCUT2D eigenvalue weighted by molar-refractivity contribution is 0.00663. The largest absolute Gasteiger partial charge is 0.443 e. The summed E-state index contributed by atoms with van der Waals surface area (Å²) in [6.07, 6.45) is -1.44. The summed E-state index contributed by atoms with van der Waals surface area (Å²) in [5.41, 5.74) is -1.26. The smallest absolute Gasteiger partial charge is 0.419 e. The molecule has 0 atom stereocenters. The molecule has 5 heteroatoms. The van der Waals surface area contributed by atoms with E-state index in [0.29, 0.717) is 0 Å². The third-order valence-electron chi connectivity index (χ3n) is 1.33. The van der Waals surface area contributed by atoms with E-state index in [1.807, 2.05) is 27.7 Å². The first-order valence-corrected chi connectivity index (χ1v) is 7.12.